The lowest BCUT2D eigenvalue weighted by atomic mass is 10.1. The maximum atomic E-state index is 11.9. The Hall–Kier alpha value is -0.160. The summed E-state index contributed by atoms with van der Waals surface area (Å²) in [6.45, 7) is 2.59. The molecular weight excluding hydrogens is 324 g/mol. The molecule has 5 heteroatoms. The van der Waals surface area contributed by atoms with Gasteiger partial charge in [0.05, 0.1) is 12.0 Å². The predicted octanol–water partition coefficient (Wildman–Crippen LogP) is 2.49. The van der Waals surface area contributed by atoms with Gasteiger partial charge >= 0.3 is 0 Å². The Kier molecular flexibility index (Phi) is 3.03. The molecule has 1 saturated carbocycles. The first-order valence-electron chi connectivity index (χ1n) is 4.85. The first kappa shape index (κ1) is 11.3. The van der Waals surface area contributed by atoms with Crippen molar-refractivity contribution in [3.05, 3.63) is 26.8 Å². The van der Waals surface area contributed by atoms with E-state index in [4.69, 9.17) is 0 Å². The monoisotopic (exact) mass is 334 g/mol. The Morgan fingerprint density at radius 3 is 2.80 bits per heavy atom. The molecule has 0 N–H and O–H groups in total. The fourth-order valence-electron chi connectivity index (χ4n) is 1.53. The minimum Gasteiger partial charge on any atom is -0.298 e. The Labute approximate surface area is 105 Å². The normalized spacial score (nSPS) is 17.8. The summed E-state index contributed by atoms with van der Waals surface area (Å²) in [5.74, 6) is 0. The summed E-state index contributed by atoms with van der Waals surface area (Å²) >= 11 is 6.77. The van der Waals surface area contributed by atoms with E-state index in [9.17, 15) is 4.79 Å². The molecule has 1 aliphatic rings. The Balaban J connectivity index is 2.30. The highest BCUT2D eigenvalue weighted by atomic mass is 79.9. The molecule has 0 spiro atoms. The molecule has 0 aromatic carbocycles. The third-order valence-corrected chi connectivity index (χ3v) is 5.01. The minimum atomic E-state index is 0.0229. The standard InChI is InChI=1S/C10H12Br2N2O/c1-7-8(12)9(15)14(6-13-7)5-10(4-11)2-3-10/h6H,2-5H2,1H3. The maximum Gasteiger partial charge on any atom is 0.267 e. The van der Waals surface area contributed by atoms with Crippen molar-refractivity contribution in [2.24, 2.45) is 5.41 Å². The number of halogens is 2. The van der Waals surface area contributed by atoms with Crippen molar-refractivity contribution in [2.45, 2.75) is 26.3 Å². The lowest BCUT2D eigenvalue weighted by Crippen LogP contribution is -2.26. The SMILES string of the molecule is Cc1ncn(CC2(CBr)CC2)c(=O)c1Br. The van der Waals surface area contributed by atoms with Gasteiger partial charge in [-0.3, -0.25) is 9.36 Å². The summed E-state index contributed by atoms with van der Waals surface area (Å²) in [6.07, 6.45) is 4.03. The molecule has 1 heterocycles. The molecule has 82 valence electrons. The van der Waals surface area contributed by atoms with E-state index in [1.165, 1.54) is 12.8 Å². The molecule has 1 aromatic heterocycles. The molecule has 2 rings (SSSR count). The summed E-state index contributed by atoms with van der Waals surface area (Å²) in [5.41, 5.74) is 1.06. The van der Waals surface area contributed by atoms with E-state index in [1.807, 2.05) is 6.92 Å². The van der Waals surface area contributed by atoms with Gasteiger partial charge in [-0.05, 0) is 41.1 Å². The van der Waals surface area contributed by atoms with Crippen LogP contribution in [0.3, 0.4) is 0 Å². The second kappa shape index (κ2) is 4.01. The predicted molar refractivity (Wildman–Crippen MR) is 66.4 cm³/mol. The van der Waals surface area contributed by atoms with Crippen molar-refractivity contribution in [2.75, 3.05) is 5.33 Å². The van der Waals surface area contributed by atoms with Gasteiger partial charge in [-0.1, -0.05) is 15.9 Å². The van der Waals surface area contributed by atoms with Gasteiger partial charge in [0, 0.05) is 11.9 Å². The summed E-state index contributed by atoms with van der Waals surface area (Å²) in [5, 5.41) is 0.956. The van der Waals surface area contributed by atoms with E-state index in [-0.39, 0.29) is 5.56 Å². The lowest BCUT2D eigenvalue weighted by Gasteiger charge is -2.13. The Morgan fingerprint density at radius 1 is 1.60 bits per heavy atom. The van der Waals surface area contributed by atoms with Crippen molar-refractivity contribution in [1.82, 2.24) is 9.55 Å². The van der Waals surface area contributed by atoms with Gasteiger partial charge in [-0.25, -0.2) is 4.98 Å². The molecule has 0 bridgehead atoms. The Morgan fingerprint density at radius 2 is 2.27 bits per heavy atom. The molecular formula is C10H12Br2N2O. The van der Waals surface area contributed by atoms with E-state index in [2.05, 4.69) is 36.8 Å². The van der Waals surface area contributed by atoms with E-state index in [0.29, 0.717) is 9.89 Å². The number of rotatable bonds is 3. The smallest absolute Gasteiger partial charge is 0.267 e. The molecule has 0 saturated heterocycles. The van der Waals surface area contributed by atoms with Crippen LogP contribution in [0.4, 0.5) is 0 Å². The number of alkyl halides is 1. The summed E-state index contributed by atoms with van der Waals surface area (Å²) in [7, 11) is 0. The summed E-state index contributed by atoms with van der Waals surface area (Å²) in [6, 6.07) is 0. The molecule has 0 atom stereocenters. The Bertz CT molecular complexity index is 438. The third-order valence-electron chi connectivity index (χ3n) is 2.90. The van der Waals surface area contributed by atoms with Crippen LogP contribution in [0.1, 0.15) is 18.5 Å². The highest BCUT2D eigenvalue weighted by molar-refractivity contribution is 9.10. The van der Waals surface area contributed by atoms with Gasteiger partial charge in [-0.15, -0.1) is 0 Å². The van der Waals surface area contributed by atoms with Crippen LogP contribution in [0.5, 0.6) is 0 Å². The average molecular weight is 336 g/mol. The first-order valence-corrected chi connectivity index (χ1v) is 6.77. The fourth-order valence-corrected chi connectivity index (χ4v) is 2.60. The second-order valence-corrected chi connectivity index (χ2v) is 5.56. The van der Waals surface area contributed by atoms with Crippen LogP contribution in [0, 0.1) is 12.3 Å². The zero-order valence-corrected chi connectivity index (χ0v) is 11.6. The number of nitrogens with zero attached hydrogens (tertiary/aromatic N) is 2. The second-order valence-electron chi connectivity index (χ2n) is 4.21. The van der Waals surface area contributed by atoms with Gasteiger partial charge in [0.15, 0.2) is 0 Å². The highest BCUT2D eigenvalue weighted by Crippen LogP contribution is 2.48. The van der Waals surface area contributed by atoms with E-state index in [0.717, 1.165) is 17.6 Å². The van der Waals surface area contributed by atoms with Gasteiger partial charge in [0.25, 0.3) is 5.56 Å². The van der Waals surface area contributed by atoms with Gasteiger partial charge < -0.3 is 0 Å². The summed E-state index contributed by atoms with van der Waals surface area (Å²) < 4.78 is 2.28. The maximum absolute atomic E-state index is 11.9. The zero-order valence-electron chi connectivity index (χ0n) is 8.46. The molecule has 0 unspecified atom stereocenters. The van der Waals surface area contributed by atoms with Crippen molar-refractivity contribution in [1.29, 1.82) is 0 Å². The van der Waals surface area contributed by atoms with E-state index >= 15 is 0 Å². The molecule has 1 aliphatic carbocycles. The molecule has 0 amide bonds. The van der Waals surface area contributed by atoms with Gasteiger partial charge in [-0.2, -0.15) is 0 Å². The van der Waals surface area contributed by atoms with Crippen molar-refractivity contribution in [3.63, 3.8) is 0 Å². The van der Waals surface area contributed by atoms with E-state index < -0.39 is 0 Å². The van der Waals surface area contributed by atoms with Crippen LogP contribution < -0.4 is 5.56 Å². The molecule has 3 nitrogen and oxygen atoms in total. The van der Waals surface area contributed by atoms with E-state index in [1.54, 1.807) is 10.9 Å². The molecule has 0 aliphatic heterocycles. The third kappa shape index (κ3) is 2.18. The topological polar surface area (TPSA) is 34.9 Å². The molecule has 1 aromatic rings. The number of hydrogen-bond acceptors (Lipinski definition) is 2. The van der Waals surface area contributed by atoms with Crippen LogP contribution in [0.25, 0.3) is 0 Å². The molecule has 15 heavy (non-hydrogen) atoms. The van der Waals surface area contributed by atoms with Crippen LogP contribution in [-0.4, -0.2) is 14.9 Å². The number of hydrogen-bond donors (Lipinski definition) is 0. The van der Waals surface area contributed by atoms with Crippen molar-refractivity contribution >= 4 is 31.9 Å². The average Bonchev–Trinajstić information content (AvgIpc) is 3.00. The number of aromatic nitrogens is 2. The van der Waals surface area contributed by atoms with Gasteiger partial charge in [0.1, 0.15) is 4.47 Å². The van der Waals surface area contributed by atoms with Crippen molar-refractivity contribution < 1.29 is 0 Å². The molecule has 0 radical (unpaired) electrons. The zero-order chi connectivity index (χ0) is 11.1. The van der Waals surface area contributed by atoms with Crippen LogP contribution in [-0.2, 0) is 6.54 Å². The minimum absolute atomic E-state index is 0.0229. The van der Waals surface area contributed by atoms with Gasteiger partial charge in [0.2, 0.25) is 0 Å². The first-order chi connectivity index (χ1) is 7.08. The lowest BCUT2D eigenvalue weighted by molar-refractivity contribution is 0.459. The largest absolute Gasteiger partial charge is 0.298 e. The number of aryl methyl sites for hydroxylation is 1. The quantitative estimate of drug-likeness (QED) is 0.795. The summed E-state index contributed by atoms with van der Waals surface area (Å²) in [4.78, 5) is 16.1. The fraction of sp³-hybridized carbons (Fsp3) is 0.600. The van der Waals surface area contributed by atoms with Crippen LogP contribution >= 0.6 is 31.9 Å². The highest BCUT2D eigenvalue weighted by Gasteiger charge is 2.42. The van der Waals surface area contributed by atoms with Crippen LogP contribution in [0.2, 0.25) is 0 Å². The molecule has 1 fully saturated rings. The van der Waals surface area contributed by atoms with Crippen molar-refractivity contribution in [3.8, 4) is 0 Å². The van der Waals surface area contributed by atoms with Crippen LogP contribution in [0.15, 0.2) is 15.6 Å².